The molecule has 5 nitrogen and oxygen atoms in total. The molecule has 1 aromatic heterocycles. The average Bonchev–Trinajstić information content (AvgIpc) is 2.97. The highest BCUT2D eigenvalue weighted by Gasteiger charge is 2.32. The Morgan fingerprint density at radius 2 is 2.18 bits per heavy atom. The SMILES string of the molecule is CC(CC(=O)Nc1sc2c(c1C#N)CCNC2)c1ccccc1OC(F)(F)F. The molecule has 0 fully saturated rings. The van der Waals surface area contributed by atoms with Gasteiger partial charge in [0.15, 0.2) is 0 Å². The molecule has 0 bridgehead atoms. The van der Waals surface area contributed by atoms with Gasteiger partial charge in [0.1, 0.15) is 16.8 Å². The average molecular weight is 409 g/mol. The zero-order chi connectivity index (χ0) is 20.3. The minimum atomic E-state index is -4.80. The molecule has 1 amide bonds. The van der Waals surface area contributed by atoms with E-state index < -0.39 is 12.3 Å². The van der Waals surface area contributed by atoms with Crippen molar-refractivity contribution >= 4 is 22.2 Å². The smallest absolute Gasteiger partial charge is 0.405 e. The molecule has 2 aromatic rings. The van der Waals surface area contributed by atoms with Gasteiger partial charge >= 0.3 is 6.36 Å². The Morgan fingerprint density at radius 3 is 2.89 bits per heavy atom. The van der Waals surface area contributed by atoms with E-state index in [4.69, 9.17) is 0 Å². The number of rotatable bonds is 5. The third-order valence-corrected chi connectivity index (χ3v) is 5.61. The number of carbonyl (C=O) groups is 1. The van der Waals surface area contributed by atoms with Crippen LogP contribution in [0.4, 0.5) is 18.2 Å². The Hall–Kier alpha value is -2.57. The molecule has 0 saturated heterocycles. The zero-order valence-corrected chi connectivity index (χ0v) is 15.8. The highest BCUT2D eigenvalue weighted by Crippen LogP contribution is 2.36. The van der Waals surface area contributed by atoms with Crippen molar-refractivity contribution in [3.05, 3.63) is 45.8 Å². The number of fused-ring (bicyclic) bond motifs is 1. The largest absolute Gasteiger partial charge is 0.573 e. The number of nitrogens with one attached hydrogen (secondary N) is 2. The number of amides is 1. The Morgan fingerprint density at radius 1 is 1.43 bits per heavy atom. The third-order valence-electron chi connectivity index (χ3n) is 4.46. The number of hydrogen-bond acceptors (Lipinski definition) is 5. The normalized spacial score (nSPS) is 14.7. The van der Waals surface area contributed by atoms with Crippen molar-refractivity contribution < 1.29 is 22.7 Å². The predicted octanol–water partition coefficient (Wildman–Crippen LogP) is 4.30. The van der Waals surface area contributed by atoms with E-state index in [9.17, 15) is 23.2 Å². The molecule has 28 heavy (non-hydrogen) atoms. The van der Waals surface area contributed by atoms with E-state index in [1.807, 2.05) is 0 Å². The van der Waals surface area contributed by atoms with Crippen LogP contribution < -0.4 is 15.4 Å². The molecule has 0 radical (unpaired) electrons. The summed E-state index contributed by atoms with van der Waals surface area (Å²) in [6, 6.07) is 7.93. The van der Waals surface area contributed by atoms with Gasteiger partial charge in [-0.2, -0.15) is 5.26 Å². The first-order valence-electron chi connectivity index (χ1n) is 8.68. The maximum absolute atomic E-state index is 12.6. The van der Waals surface area contributed by atoms with Crippen molar-refractivity contribution in [1.29, 1.82) is 5.26 Å². The Balaban J connectivity index is 1.73. The third kappa shape index (κ3) is 4.64. The molecule has 1 aromatic carbocycles. The highest BCUT2D eigenvalue weighted by atomic mass is 32.1. The monoisotopic (exact) mass is 409 g/mol. The summed E-state index contributed by atoms with van der Waals surface area (Å²) in [5, 5.41) is 15.9. The standard InChI is InChI=1S/C19H18F3N3O2S/c1-11(12-4-2-3-5-15(12)27-19(20,21)22)8-17(26)25-18-14(9-23)13-6-7-24-10-16(13)28-18/h2-5,11,24H,6-8,10H2,1H3,(H,25,26). The van der Waals surface area contributed by atoms with Gasteiger partial charge in [0, 0.05) is 17.8 Å². The summed E-state index contributed by atoms with van der Waals surface area (Å²) >= 11 is 1.36. The fourth-order valence-electron chi connectivity index (χ4n) is 3.21. The number of para-hydroxylation sites is 1. The van der Waals surface area contributed by atoms with Gasteiger partial charge in [0.2, 0.25) is 5.91 Å². The first-order chi connectivity index (χ1) is 13.3. The molecule has 2 heterocycles. The van der Waals surface area contributed by atoms with Crippen molar-refractivity contribution in [2.45, 2.75) is 38.6 Å². The van der Waals surface area contributed by atoms with Crippen molar-refractivity contribution in [2.24, 2.45) is 0 Å². The van der Waals surface area contributed by atoms with E-state index in [-0.39, 0.29) is 18.1 Å². The fraction of sp³-hybridized carbons (Fsp3) is 0.368. The van der Waals surface area contributed by atoms with Gasteiger partial charge in [-0.25, -0.2) is 0 Å². The second-order valence-electron chi connectivity index (χ2n) is 6.49. The number of anilines is 1. The van der Waals surface area contributed by atoms with Gasteiger partial charge in [-0.1, -0.05) is 25.1 Å². The van der Waals surface area contributed by atoms with Crippen LogP contribution in [0.25, 0.3) is 0 Å². The molecule has 1 aliphatic heterocycles. The molecule has 1 unspecified atom stereocenters. The van der Waals surface area contributed by atoms with Crippen LogP contribution in [0.15, 0.2) is 24.3 Å². The summed E-state index contributed by atoms with van der Waals surface area (Å²) in [5.74, 6) is -1.18. The van der Waals surface area contributed by atoms with Crippen LogP contribution in [0.5, 0.6) is 5.75 Å². The van der Waals surface area contributed by atoms with Gasteiger partial charge in [0.25, 0.3) is 0 Å². The van der Waals surface area contributed by atoms with Gasteiger partial charge < -0.3 is 15.4 Å². The van der Waals surface area contributed by atoms with Crippen LogP contribution in [0, 0.1) is 11.3 Å². The van der Waals surface area contributed by atoms with E-state index in [2.05, 4.69) is 21.4 Å². The number of alkyl halides is 3. The number of nitrogens with zero attached hydrogens (tertiary/aromatic N) is 1. The lowest BCUT2D eigenvalue weighted by molar-refractivity contribution is -0.274. The van der Waals surface area contributed by atoms with Crippen molar-refractivity contribution in [3.63, 3.8) is 0 Å². The van der Waals surface area contributed by atoms with E-state index in [0.717, 1.165) is 23.4 Å². The van der Waals surface area contributed by atoms with Gasteiger partial charge in [-0.15, -0.1) is 24.5 Å². The predicted molar refractivity (Wildman–Crippen MR) is 99.2 cm³/mol. The van der Waals surface area contributed by atoms with Crippen LogP contribution in [0.1, 0.15) is 40.8 Å². The highest BCUT2D eigenvalue weighted by molar-refractivity contribution is 7.16. The minimum Gasteiger partial charge on any atom is -0.405 e. The lowest BCUT2D eigenvalue weighted by Gasteiger charge is -2.17. The second-order valence-corrected chi connectivity index (χ2v) is 7.59. The lowest BCUT2D eigenvalue weighted by atomic mass is 9.96. The number of halogens is 3. The number of nitriles is 1. The van der Waals surface area contributed by atoms with E-state index in [0.29, 0.717) is 22.7 Å². The number of ether oxygens (including phenoxy) is 1. The molecular weight excluding hydrogens is 391 g/mol. The van der Waals surface area contributed by atoms with Gasteiger partial charge in [0.05, 0.1) is 5.56 Å². The van der Waals surface area contributed by atoms with E-state index in [1.54, 1.807) is 13.0 Å². The van der Waals surface area contributed by atoms with E-state index >= 15 is 0 Å². The molecule has 0 spiro atoms. The summed E-state index contributed by atoms with van der Waals surface area (Å²) in [4.78, 5) is 13.5. The molecule has 3 rings (SSSR count). The summed E-state index contributed by atoms with van der Waals surface area (Å²) < 4.78 is 41.8. The number of benzene rings is 1. The second kappa shape index (κ2) is 8.20. The molecule has 9 heteroatoms. The molecule has 1 aliphatic rings. The molecular formula is C19H18F3N3O2S. The van der Waals surface area contributed by atoms with Crippen molar-refractivity contribution in [1.82, 2.24) is 5.32 Å². The van der Waals surface area contributed by atoms with Crippen LogP contribution in [-0.4, -0.2) is 18.8 Å². The first kappa shape index (κ1) is 20.2. The van der Waals surface area contributed by atoms with Crippen LogP contribution >= 0.6 is 11.3 Å². The van der Waals surface area contributed by atoms with Crippen LogP contribution in [0.2, 0.25) is 0 Å². The van der Waals surface area contributed by atoms with Gasteiger partial charge in [-0.05, 0) is 36.1 Å². The lowest BCUT2D eigenvalue weighted by Crippen LogP contribution is -2.22. The first-order valence-corrected chi connectivity index (χ1v) is 9.50. The minimum absolute atomic E-state index is 0.0378. The summed E-state index contributed by atoms with van der Waals surface area (Å²) in [5.41, 5.74) is 1.73. The van der Waals surface area contributed by atoms with Crippen molar-refractivity contribution in [2.75, 3.05) is 11.9 Å². The van der Waals surface area contributed by atoms with Crippen LogP contribution in [-0.2, 0) is 17.8 Å². The maximum Gasteiger partial charge on any atom is 0.573 e. The Bertz CT molecular complexity index is 918. The summed E-state index contributed by atoms with van der Waals surface area (Å²) in [6.07, 6.45) is -4.11. The number of carbonyl (C=O) groups excluding carboxylic acids is 1. The number of hydrogen-bond donors (Lipinski definition) is 2. The van der Waals surface area contributed by atoms with Crippen molar-refractivity contribution in [3.8, 4) is 11.8 Å². The molecule has 0 aliphatic carbocycles. The zero-order valence-electron chi connectivity index (χ0n) is 15.0. The molecule has 148 valence electrons. The number of thiophene rings is 1. The molecule has 1 atom stereocenters. The summed E-state index contributed by atoms with van der Waals surface area (Å²) in [7, 11) is 0. The maximum atomic E-state index is 12.6. The Kier molecular flexibility index (Phi) is 5.91. The fourth-order valence-corrected chi connectivity index (χ4v) is 4.40. The van der Waals surface area contributed by atoms with Crippen LogP contribution in [0.3, 0.4) is 0 Å². The quantitative estimate of drug-likeness (QED) is 0.772. The van der Waals surface area contributed by atoms with E-state index in [1.165, 1.54) is 29.5 Å². The van der Waals surface area contributed by atoms with Gasteiger partial charge in [-0.3, -0.25) is 4.79 Å². The molecule has 2 N–H and O–H groups in total. The topological polar surface area (TPSA) is 74.2 Å². The molecule has 0 saturated carbocycles. The Labute approximate surface area is 164 Å². The summed E-state index contributed by atoms with van der Waals surface area (Å²) in [6.45, 7) is 3.09.